The number of carboxylic acid groups (broad SMARTS) is 1. The van der Waals surface area contributed by atoms with E-state index in [9.17, 15) is 15.0 Å². The van der Waals surface area contributed by atoms with E-state index in [2.05, 4.69) is 11.1 Å². The number of nitrogens with zero attached hydrogens (tertiary/aromatic N) is 1. The van der Waals surface area contributed by atoms with Gasteiger partial charge in [-0.15, -0.1) is 22.7 Å². The van der Waals surface area contributed by atoms with Crippen LogP contribution in [0.15, 0.2) is 48.5 Å². The van der Waals surface area contributed by atoms with Gasteiger partial charge in [0.15, 0.2) is 0 Å². The van der Waals surface area contributed by atoms with Crippen molar-refractivity contribution in [1.29, 1.82) is 0 Å². The first kappa shape index (κ1) is 15.8. The quantitative estimate of drug-likeness (QED) is 0.508. The maximum atomic E-state index is 11.2. The molecule has 0 saturated carbocycles. The number of aromatic hydroxyl groups is 1. The SMILES string of the molecule is Cc1nc(-c2ccc(-c3ccc4cc(O)ccc4c3)s2)sc1C(=O)O. The molecule has 0 saturated heterocycles. The van der Waals surface area contributed by atoms with E-state index >= 15 is 0 Å². The van der Waals surface area contributed by atoms with Gasteiger partial charge < -0.3 is 10.2 Å². The number of hydrogen-bond acceptors (Lipinski definition) is 5. The maximum Gasteiger partial charge on any atom is 0.347 e. The van der Waals surface area contributed by atoms with Gasteiger partial charge in [0.1, 0.15) is 15.6 Å². The fourth-order valence-electron chi connectivity index (χ4n) is 2.69. The summed E-state index contributed by atoms with van der Waals surface area (Å²) in [4.78, 5) is 17.9. The Morgan fingerprint density at radius 2 is 1.68 bits per heavy atom. The highest BCUT2D eigenvalue weighted by atomic mass is 32.1. The summed E-state index contributed by atoms with van der Waals surface area (Å²) in [5.74, 6) is -0.678. The monoisotopic (exact) mass is 367 g/mol. The lowest BCUT2D eigenvalue weighted by molar-refractivity contribution is 0.0701. The van der Waals surface area contributed by atoms with Crippen LogP contribution in [0.4, 0.5) is 0 Å². The van der Waals surface area contributed by atoms with E-state index < -0.39 is 5.97 Å². The third kappa shape index (κ3) is 2.90. The Morgan fingerprint density at radius 1 is 0.960 bits per heavy atom. The predicted molar refractivity (Wildman–Crippen MR) is 102 cm³/mol. The number of carboxylic acids is 1. The van der Waals surface area contributed by atoms with Crippen molar-refractivity contribution in [2.24, 2.45) is 0 Å². The number of thiophene rings is 1. The average molecular weight is 367 g/mol. The molecule has 4 nitrogen and oxygen atoms in total. The van der Waals surface area contributed by atoms with E-state index in [1.165, 1.54) is 11.3 Å². The van der Waals surface area contributed by atoms with Crippen LogP contribution in [0, 0.1) is 6.92 Å². The molecule has 6 heteroatoms. The molecular formula is C19H13NO3S2. The number of carbonyl (C=O) groups is 1. The lowest BCUT2D eigenvalue weighted by atomic mass is 10.1. The highest BCUT2D eigenvalue weighted by Gasteiger charge is 2.16. The van der Waals surface area contributed by atoms with Crippen molar-refractivity contribution >= 4 is 39.4 Å². The molecule has 0 bridgehead atoms. The van der Waals surface area contributed by atoms with Crippen molar-refractivity contribution in [1.82, 2.24) is 4.98 Å². The van der Waals surface area contributed by atoms with Crippen LogP contribution in [0.2, 0.25) is 0 Å². The van der Waals surface area contributed by atoms with E-state index in [0.717, 1.165) is 31.1 Å². The first-order chi connectivity index (χ1) is 12.0. The summed E-state index contributed by atoms with van der Waals surface area (Å²) >= 11 is 2.80. The Hall–Kier alpha value is -2.70. The minimum atomic E-state index is -0.934. The van der Waals surface area contributed by atoms with Crippen LogP contribution in [0.5, 0.6) is 5.75 Å². The van der Waals surface area contributed by atoms with Crippen LogP contribution in [-0.2, 0) is 0 Å². The van der Waals surface area contributed by atoms with Gasteiger partial charge in [0.25, 0.3) is 0 Å². The number of hydrogen-bond donors (Lipinski definition) is 2. The topological polar surface area (TPSA) is 70.4 Å². The molecule has 2 heterocycles. The summed E-state index contributed by atoms with van der Waals surface area (Å²) in [6.45, 7) is 1.72. The molecule has 0 fully saturated rings. The Bertz CT molecular complexity index is 1110. The zero-order valence-electron chi connectivity index (χ0n) is 13.2. The standard InChI is InChI=1S/C19H13NO3S2/c1-10-17(19(22)23)25-18(20-10)16-7-6-15(24-16)13-3-2-12-9-14(21)5-4-11(12)8-13/h2-9,21H,1H3,(H,22,23). The fraction of sp³-hybridized carbons (Fsp3) is 0.0526. The molecule has 0 radical (unpaired) electrons. The molecule has 4 aromatic rings. The number of phenolic OH excluding ortho intramolecular Hbond substituents is 1. The van der Waals surface area contributed by atoms with Gasteiger partial charge >= 0.3 is 5.97 Å². The zero-order valence-corrected chi connectivity index (χ0v) is 14.8. The minimum absolute atomic E-state index is 0.257. The summed E-state index contributed by atoms with van der Waals surface area (Å²) in [7, 11) is 0. The van der Waals surface area contributed by atoms with Crippen LogP contribution in [-0.4, -0.2) is 21.2 Å². The van der Waals surface area contributed by atoms with Crippen molar-refractivity contribution in [3.63, 3.8) is 0 Å². The van der Waals surface area contributed by atoms with Gasteiger partial charge in [-0.1, -0.05) is 18.2 Å². The Morgan fingerprint density at radius 3 is 2.44 bits per heavy atom. The van der Waals surface area contributed by atoms with Gasteiger partial charge in [-0.3, -0.25) is 0 Å². The van der Waals surface area contributed by atoms with Crippen molar-refractivity contribution in [2.45, 2.75) is 6.92 Å². The van der Waals surface area contributed by atoms with Gasteiger partial charge in [-0.2, -0.15) is 0 Å². The number of aryl methyl sites for hydroxylation is 1. The Balaban J connectivity index is 1.72. The number of fused-ring (bicyclic) bond motifs is 1. The molecule has 2 N–H and O–H groups in total. The molecule has 0 aliphatic heterocycles. The third-order valence-electron chi connectivity index (χ3n) is 3.92. The summed E-state index contributed by atoms with van der Waals surface area (Å²) in [6, 6.07) is 15.4. The number of aromatic nitrogens is 1. The molecule has 4 rings (SSSR count). The maximum absolute atomic E-state index is 11.2. The summed E-state index contributed by atoms with van der Waals surface area (Å²) in [5, 5.41) is 21.5. The van der Waals surface area contributed by atoms with Crippen molar-refractivity contribution < 1.29 is 15.0 Å². The first-order valence-electron chi connectivity index (χ1n) is 7.55. The lowest BCUT2D eigenvalue weighted by Crippen LogP contribution is -1.94. The van der Waals surface area contributed by atoms with E-state index in [4.69, 9.17) is 0 Å². The first-order valence-corrected chi connectivity index (χ1v) is 9.18. The minimum Gasteiger partial charge on any atom is -0.508 e. The van der Waals surface area contributed by atoms with Crippen LogP contribution < -0.4 is 0 Å². The normalized spacial score (nSPS) is 11.1. The molecule has 0 aliphatic rings. The molecule has 0 amide bonds. The third-order valence-corrected chi connectivity index (χ3v) is 6.36. The fourth-order valence-corrected chi connectivity index (χ4v) is 4.66. The number of thiazole rings is 1. The number of phenols is 1. The van der Waals surface area contributed by atoms with Crippen LogP contribution >= 0.6 is 22.7 Å². The van der Waals surface area contributed by atoms with Crippen LogP contribution in [0.1, 0.15) is 15.4 Å². The summed E-state index contributed by atoms with van der Waals surface area (Å²) < 4.78 is 0. The highest BCUT2D eigenvalue weighted by Crippen LogP contribution is 2.38. The smallest absolute Gasteiger partial charge is 0.347 e. The molecule has 2 aromatic carbocycles. The molecular weight excluding hydrogens is 354 g/mol. The number of rotatable bonds is 3. The van der Waals surface area contributed by atoms with Crippen molar-refractivity contribution in [2.75, 3.05) is 0 Å². The molecule has 0 aliphatic carbocycles. The van der Waals surface area contributed by atoms with E-state index in [1.807, 2.05) is 30.3 Å². The van der Waals surface area contributed by atoms with Gasteiger partial charge in [0.2, 0.25) is 0 Å². The second-order valence-electron chi connectivity index (χ2n) is 5.65. The largest absolute Gasteiger partial charge is 0.508 e. The highest BCUT2D eigenvalue weighted by molar-refractivity contribution is 7.24. The lowest BCUT2D eigenvalue weighted by Gasteiger charge is -2.02. The Labute approximate surface area is 151 Å². The van der Waals surface area contributed by atoms with Crippen LogP contribution in [0.3, 0.4) is 0 Å². The second-order valence-corrected chi connectivity index (χ2v) is 7.73. The predicted octanol–water partition coefficient (Wildman–Crippen LogP) is 5.40. The van der Waals surface area contributed by atoms with Gasteiger partial charge in [0, 0.05) is 4.88 Å². The Kier molecular flexibility index (Phi) is 3.78. The molecule has 2 aromatic heterocycles. The summed E-state index contributed by atoms with van der Waals surface area (Å²) in [6.07, 6.45) is 0. The van der Waals surface area contributed by atoms with E-state index in [1.54, 1.807) is 30.4 Å². The molecule has 124 valence electrons. The van der Waals surface area contributed by atoms with Gasteiger partial charge in [-0.05, 0) is 53.6 Å². The second kappa shape index (κ2) is 5.98. The summed E-state index contributed by atoms with van der Waals surface area (Å²) in [5.41, 5.74) is 1.63. The molecule has 0 unspecified atom stereocenters. The number of aromatic carboxylic acids is 1. The zero-order chi connectivity index (χ0) is 17.6. The van der Waals surface area contributed by atoms with E-state index in [0.29, 0.717) is 5.69 Å². The average Bonchev–Trinajstić information content (AvgIpc) is 3.21. The molecule has 0 spiro atoms. The molecule has 0 atom stereocenters. The van der Waals surface area contributed by atoms with Crippen LogP contribution in [0.25, 0.3) is 31.1 Å². The van der Waals surface area contributed by atoms with Gasteiger partial charge in [0.05, 0.1) is 10.6 Å². The molecule has 25 heavy (non-hydrogen) atoms. The van der Waals surface area contributed by atoms with Gasteiger partial charge in [-0.25, -0.2) is 9.78 Å². The van der Waals surface area contributed by atoms with E-state index in [-0.39, 0.29) is 10.6 Å². The van der Waals surface area contributed by atoms with Crippen molar-refractivity contribution in [3.05, 3.63) is 59.1 Å². The number of benzene rings is 2. The van der Waals surface area contributed by atoms with Crippen molar-refractivity contribution in [3.8, 4) is 26.1 Å².